The second-order valence-corrected chi connectivity index (χ2v) is 4.33. The molecule has 0 saturated heterocycles. The van der Waals surface area contributed by atoms with Gasteiger partial charge in [0.05, 0.1) is 0 Å². The highest BCUT2D eigenvalue weighted by Crippen LogP contribution is 2.47. The van der Waals surface area contributed by atoms with E-state index in [2.05, 4.69) is 29.3 Å². The molecule has 2 nitrogen and oxygen atoms in total. The maximum absolute atomic E-state index is 6.22. The molecule has 0 aliphatic heterocycles. The Bertz CT molecular complexity index is 358. The van der Waals surface area contributed by atoms with Crippen LogP contribution in [0.2, 0.25) is 0 Å². The van der Waals surface area contributed by atoms with Crippen molar-refractivity contribution in [2.75, 3.05) is 0 Å². The van der Waals surface area contributed by atoms with E-state index in [9.17, 15) is 0 Å². The zero-order valence-corrected chi connectivity index (χ0v) is 8.01. The molecule has 1 fully saturated rings. The predicted molar refractivity (Wildman–Crippen MR) is 55.7 cm³/mol. The first-order valence-electron chi connectivity index (χ1n) is 5.20. The highest BCUT2D eigenvalue weighted by atomic mass is 14.7. The molecule has 0 aromatic carbocycles. The van der Waals surface area contributed by atoms with Crippen molar-refractivity contribution in [2.24, 2.45) is 17.6 Å². The number of pyridine rings is 1. The molecule has 14 heavy (non-hydrogen) atoms. The third kappa shape index (κ3) is 1.04. The van der Waals surface area contributed by atoms with E-state index in [0.29, 0.717) is 23.8 Å². The molecule has 0 amide bonds. The van der Waals surface area contributed by atoms with Crippen molar-refractivity contribution in [3.63, 3.8) is 0 Å². The third-order valence-corrected chi connectivity index (χ3v) is 3.61. The van der Waals surface area contributed by atoms with Crippen LogP contribution in [0.1, 0.15) is 17.9 Å². The molecule has 2 bridgehead atoms. The SMILES string of the molecule is NC1C2C=CC(C2)C1c1ccncc1. The zero-order valence-electron chi connectivity index (χ0n) is 8.01. The Morgan fingerprint density at radius 1 is 1.14 bits per heavy atom. The van der Waals surface area contributed by atoms with Gasteiger partial charge >= 0.3 is 0 Å². The number of nitrogens with two attached hydrogens (primary N) is 1. The second-order valence-electron chi connectivity index (χ2n) is 4.33. The van der Waals surface area contributed by atoms with Crippen LogP contribution in [0.3, 0.4) is 0 Å². The molecule has 4 atom stereocenters. The van der Waals surface area contributed by atoms with E-state index >= 15 is 0 Å². The fourth-order valence-corrected chi connectivity index (χ4v) is 2.92. The molecule has 2 heteroatoms. The lowest BCUT2D eigenvalue weighted by molar-refractivity contribution is 0.504. The predicted octanol–water partition coefficient (Wildman–Crippen LogP) is 1.70. The third-order valence-electron chi connectivity index (χ3n) is 3.61. The Morgan fingerprint density at radius 3 is 2.50 bits per heavy atom. The van der Waals surface area contributed by atoms with Crippen LogP contribution >= 0.6 is 0 Å². The van der Waals surface area contributed by atoms with Crippen LogP contribution in [-0.2, 0) is 0 Å². The second kappa shape index (κ2) is 2.92. The lowest BCUT2D eigenvalue weighted by atomic mass is 9.84. The molecular formula is C12H14N2. The molecule has 3 rings (SSSR count). The van der Waals surface area contributed by atoms with Gasteiger partial charge in [0.1, 0.15) is 0 Å². The van der Waals surface area contributed by atoms with Crippen LogP contribution in [0.25, 0.3) is 0 Å². The van der Waals surface area contributed by atoms with Crippen molar-refractivity contribution >= 4 is 0 Å². The number of nitrogens with zero attached hydrogens (tertiary/aromatic N) is 1. The Hall–Kier alpha value is -1.15. The van der Waals surface area contributed by atoms with Crippen molar-refractivity contribution in [3.05, 3.63) is 42.2 Å². The number of aromatic nitrogens is 1. The van der Waals surface area contributed by atoms with Crippen molar-refractivity contribution in [1.29, 1.82) is 0 Å². The molecule has 0 spiro atoms. The summed E-state index contributed by atoms with van der Waals surface area (Å²) < 4.78 is 0. The van der Waals surface area contributed by atoms with Gasteiger partial charge < -0.3 is 5.73 Å². The molecular weight excluding hydrogens is 172 g/mol. The summed E-state index contributed by atoms with van der Waals surface area (Å²) in [5, 5.41) is 0. The average molecular weight is 186 g/mol. The summed E-state index contributed by atoms with van der Waals surface area (Å²) in [5.74, 6) is 1.79. The minimum atomic E-state index is 0.312. The smallest absolute Gasteiger partial charge is 0.0270 e. The summed E-state index contributed by atoms with van der Waals surface area (Å²) in [4.78, 5) is 4.05. The van der Waals surface area contributed by atoms with Crippen LogP contribution in [-0.4, -0.2) is 11.0 Å². The molecule has 1 aromatic heterocycles. The van der Waals surface area contributed by atoms with Crippen molar-refractivity contribution < 1.29 is 0 Å². The van der Waals surface area contributed by atoms with Gasteiger partial charge in [-0.25, -0.2) is 0 Å². The lowest BCUT2D eigenvalue weighted by Gasteiger charge is -2.24. The normalized spacial score (nSPS) is 39.2. The van der Waals surface area contributed by atoms with E-state index in [1.54, 1.807) is 0 Å². The summed E-state index contributed by atoms with van der Waals surface area (Å²) >= 11 is 0. The molecule has 0 radical (unpaired) electrons. The summed E-state index contributed by atoms with van der Waals surface area (Å²) in [6, 6.07) is 4.50. The van der Waals surface area contributed by atoms with Crippen LogP contribution in [0.5, 0.6) is 0 Å². The molecule has 2 N–H and O–H groups in total. The van der Waals surface area contributed by atoms with E-state index in [4.69, 9.17) is 5.73 Å². The first-order valence-corrected chi connectivity index (χ1v) is 5.20. The van der Waals surface area contributed by atoms with Crippen LogP contribution in [0.15, 0.2) is 36.7 Å². The number of fused-ring (bicyclic) bond motifs is 2. The molecule has 2 aliphatic rings. The summed E-state index contributed by atoms with van der Waals surface area (Å²) in [6.07, 6.45) is 9.58. The molecule has 72 valence electrons. The van der Waals surface area contributed by atoms with E-state index in [1.807, 2.05) is 12.4 Å². The van der Waals surface area contributed by atoms with Gasteiger partial charge in [0, 0.05) is 24.4 Å². The van der Waals surface area contributed by atoms with Gasteiger partial charge in [0.25, 0.3) is 0 Å². The van der Waals surface area contributed by atoms with Crippen molar-refractivity contribution in [3.8, 4) is 0 Å². The first kappa shape index (κ1) is 8.18. The molecule has 2 aliphatic carbocycles. The highest BCUT2D eigenvalue weighted by Gasteiger charge is 2.42. The fraction of sp³-hybridized carbons (Fsp3) is 0.417. The van der Waals surface area contributed by atoms with Crippen molar-refractivity contribution in [2.45, 2.75) is 18.4 Å². The fourth-order valence-electron chi connectivity index (χ4n) is 2.92. The van der Waals surface area contributed by atoms with E-state index in [0.717, 1.165) is 0 Å². The topological polar surface area (TPSA) is 38.9 Å². The van der Waals surface area contributed by atoms with Crippen LogP contribution in [0.4, 0.5) is 0 Å². The summed E-state index contributed by atoms with van der Waals surface area (Å²) in [6.45, 7) is 0. The number of rotatable bonds is 1. The van der Waals surface area contributed by atoms with Crippen LogP contribution in [0, 0.1) is 11.8 Å². The van der Waals surface area contributed by atoms with Gasteiger partial charge in [-0.3, -0.25) is 4.98 Å². The van der Waals surface area contributed by atoms with Gasteiger partial charge in [-0.2, -0.15) is 0 Å². The number of hydrogen-bond acceptors (Lipinski definition) is 2. The molecule has 1 heterocycles. The van der Waals surface area contributed by atoms with Gasteiger partial charge in [0.15, 0.2) is 0 Å². The van der Waals surface area contributed by atoms with E-state index in [-0.39, 0.29) is 0 Å². The largest absolute Gasteiger partial charge is 0.327 e. The van der Waals surface area contributed by atoms with Gasteiger partial charge in [0.2, 0.25) is 0 Å². The number of allylic oxidation sites excluding steroid dienone is 1. The molecule has 4 unspecified atom stereocenters. The van der Waals surface area contributed by atoms with Gasteiger partial charge in [-0.05, 0) is 36.0 Å². The zero-order chi connectivity index (χ0) is 9.54. The summed E-state index contributed by atoms with van der Waals surface area (Å²) in [5.41, 5.74) is 7.58. The van der Waals surface area contributed by atoms with Gasteiger partial charge in [-0.15, -0.1) is 0 Å². The Balaban J connectivity index is 1.97. The quantitative estimate of drug-likeness (QED) is 0.678. The lowest BCUT2D eigenvalue weighted by Crippen LogP contribution is -2.32. The Kier molecular flexibility index (Phi) is 1.71. The standard InChI is InChI=1S/C12H14N2/c13-12-10-2-1-9(7-10)11(12)8-3-5-14-6-4-8/h1-6,9-12H,7,13H2. The highest BCUT2D eigenvalue weighted by molar-refractivity contribution is 5.29. The molecule has 1 aromatic rings. The number of hydrogen-bond donors (Lipinski definition) is 1. The van der Waals surface area contributed by atoms with E-state index in [1.165, 1.54) is 12.0 Å². The summed E-state index contributed by atoms with van der Waals surface area (Å²) in [7, 11) is 0. The van der Waals surface area contributed by atoms with Crippen LogP contribution < -0.4 is 5.73 Å². The van der Waals surface area contributed by atoms with Crippen molar-refractivity contribution in [1.82, 2.24) is 4.98 Å². The molecule has 1 saturated carbocycles. The first-order chi connectivity index (χ1) is 6.86. The van der Waals surface area contributed by atoms with Gasteiger partial charge in [-0.1, -0.05) is 12.2 Å². The minimum Gasteiger partial charge on any atom is -0.327 e. The maximum Gasteiger partial charge on any atom is 0.0270 e. The average Bonchev–Trinajstić information content (AvgIpc) is 2.79. The van der Waals surface area contributed by atoms with E-state index < -0.39 is 0 Å². The minimum absolute atomic E-state index is 0.312. The monoisotopic (exact) mass is 186 g/mol. The Morgan fingerprint density at radius 2 is 1.86 bits per heavy atom. The Labute approximate surface area is 83.8 Å². The maximum atomic E-state index is 6.22.